The number of benzene rings is 2. The van der Waals surface area contributed by atoms with Crippen LogP contribution in [-0.4, -0.2) is 47.9 Å². The third kappa shape index (κ3) is 4.57. The lowest BCUT2D eigenvalue weighted by Crippen LogP contribution is -2.63. The fraction of sp³-hybridized carbons (Fsp3) is 0.360. The maximum atomic E-state index is 15.0. The molecule has 1 atom stereocenters. The van der Waals surface area contributed by atoms with Crippen LogP contribution in [0.5, 0.6) is 5.75 Å². The van der Waals surface area contributed by atoms with Gasteiger partial charge in [0.25, 0.3) is 11.8 Å². The van der Waals surface area contributed by atoms with Crippen LogP contribution in [0.2, 0.25) is 0 Å². The molecule has 2 aliphatic heterocycles. The van der Waals surface area contributed by atoms with Crippen molar-refractivity contribution in [2.24, 2.45) is 0 Å². The van der Waals surface area contributed by atoms with Gasteiger partial charge in [-0.3, -0.25) is 24.5 Å². The Morgan fingerprint density at radius 3 is 2.64 bits per heavy atom. The summed E-state index contributed by atoms with van der Waals surface area (Å²) in [6, 6.07) is 10.3. The summed E-state index contributed by atoms with van der Waals surface area (Å²) in [7, 11) is 1.61. The molecule has 4 rings (SSSR count). The number of alkyl halides is 2. The van der Waals surface area contributed by atoms with Gasteiger partial charge in [-0.1, -0.05) is 24.3 Å². The molecule has 0 spiro atoms. The summed E-state index contributed by atoms with van der Waals surface area (Å²) in [5, 5.41) is 4.55. The normalized spacial score (nSPS) is 19.8. The first-order valence-corrected chi connectivity index (χ1v) is 11.6. The number of carbonyl (C=O) groups excluding carboxylic acids is 4. The number of amides is 4. The van der Waals surface area contributed by atoms with Crippen molar-refractivity contribution in [2.45, 2.75) is 57.2 Å². The number of halogens is 2. The van der Waals surface area contributed by atoms with Gasteiger partial charge in [0.15, 0.2) is 0 Å². The average Bonchev–Trinajstić information content (AvgIpc) is 3.16. The third-order valence-electron chi connectivity index (χ3n) is 6.48. The number of ether oxygens (including phenoxy) is 1. The highest BCUT2D eigenvalue weighted by Crippen LogP contribution is 2.36. The highest BCUT2D eigenvalue weighted by Gasteiger charge is 2.48. The largest absolute Gasteiger partial charge is 0.490 e. The predicted molar refractivity (Wildman–Crippen MR) is 128 cm³/mol. The molecular weight excluding hydrogens is 471 g/mol. The lowest BCUT2D eigenvalue weighted by Gasteiger charge is -2.39. The smallest absolute Gasteiger partial charge is 0.353 e. The number of imide groups is 1. The van der Waals surface area contributed by atoms with Crippen molar-refractivity contribution in [3.8, 4) is 5.75 Å². The van der Waals surface area contributed by atoms with Crippen molar-refractivity contribution in [3.63, 3.8) is 0 Å². The zero-order valence-electron chi connectivity index (χ0n) is 20.2. The summed E-state index contributed by atoms with van der Waals surface area (Å²) in [6.07, 6.45) is -0.0162. The maximum absolute atomic E-state index is 15.0. The van der Waals surface area contributed by atoms with Crippen molar-refractivity contribution in [3.05, 3.63) is 64.7 Å². The monoisotopic (exact) mass is 497 g/mol. The van der Waals surface area contributed by atoms with Crippen LogP contribution in [0.1, 0.15) is 53.7 Å². The molecule has 1 saturated heterocycles. The molecule has 2 heterocycles. The number of hydrogen-bond donors (Lipinski definition) is 2. The number of carbonyl (C=O) groups is 4. The number of hydrogen-bond acceptors (Lipinski definition) is 5. The molecule has 2 aliphatic rings. The van der Waals surface area contributed by atoms with Crippen LogP contribution in [0.4, 0.5) is 8.78 Å². The van der Waals surface area contributed by atoms with Gasteiger partial charge in [0.1, 0.15) is 13.6 Å². The van der Waals surface area contributed by atoms with Gasteiger partial charge in [0, 0.05) is 25.1 Å². The first kappa shape index (κ1) is 25.3. The molecule has 36 heavy (non-hydrogen) atoms. The average molecular weight is 497 g/mol. The number of para-hydroxylation sites is 1. The van der Waals surface area contributed by atoms with E-state index in [1.807, 2.05) is 0 Å². The van der Waals surface area contributed by atoms with Crippen molar-refractivity contribution in [2.75, 3.05) is 0 Å². The van der Waals surface area contributed by atoms with Crippen LogP contribution in [0.3, 0.4) is 0 Å². The van der Waals surface area contributed by atoms with E-state index >= 15 is 0 Å². The van der Waals surface area contributed by atoms with Crippen molar-refractivity contribution < 1.29 is 32.7 Å². The van der Waals surface area contributed by atoms with E-state index in [0.717, 1.165) is 6.07 Å². The van der Waals surface area contributed by atoms with Gasteiger partial charge < -0.3 is 15.0 Å². The number of piperidine rings is 1. The highest BCUT2D eigenvalue weighted by atomic mass is 19.3. The lowest BCUT2D eigenvalue weighted by atomic mass is 9.70. The van der Waals surface area contributed by atoms with E-state index in [-0.39, 0.29) is 49.6 Å². The molecular formula is C25H26BF2N3O5. The minimum Gasteiger partial charge on any atom is -0.490 e. The van der Waals surface area contributed by atoms with Crippen LogP contribution in [0.25, 0.3) is 0 Å². The second kappa shape index (κ2) is 9.36. The quantitative estimate of drug-likeness (QED) is 0.447. The van der Waals surface area contributed by atoms with E-state index in [1.54, 1.807) is 46.0 Å². The molecule has 2 aromatic rings. The van der Waals surface area contributed by atoms with Crippen LogP contribution in [-0.2, 0) is 33.4 Å². The van der Waals surface area contributed by atoms with Crippen molar-refractivity contribution in [1.82, 2.24) is 15.5 Å². The molecule has 1 fully saturated rings. The molecule has 0 aliphatic carbocycles. The zero-order chi connectivity index (χ0) is 26.3. The van der Waals surface area contributed by atoms with Gasteiger partial charge in [0.05, 0.1) is 17.1 Å². The highest BCUT2D eigenvalue weighted by molar-refractivity contribution is 6.32. The van der Waals surface area contributed by atoms with E-state index in [1.165, 1.54) is 17.0 Å². The van der Waals surface area contributed by atoms with Gasteiger partial charge >= 0.3 is 5.92 Å². The minimum absolute atomic E-state index is 0.0641. The molecule has 0 saturated carbocycles. The number of fused-ring (bicyclic) bond motifs is 1. The number of nitrogens with zero attached hydrogens (tertiary/aromatic N) is 1. The Balaban J connectivity index is 1.47. The Morgan fingerprint density at radius 1 is 1.22 bits per heavy atom. The Morgan fingerprint density at radius 2 is 1.94 bits per heavy atom. The number of rotatable bonds is 7. The summed E-state index contributed by atoms with van der Waals surface area (Å²) in [5.74, 6) is -6.62. The van der Waals surface area contributed by atoms with Gasteiger partial charge in [-0.05, 0) is 49.6 Å². The molecule has 0 bridgehead atoms. The summed E-state index contributed by atoms with van der Waals surface area (Å²) >= 11 is 0. The molecule has 11 heteroatoms. The van der Waals surface area contributed by atoms with Gasteiger partial charge in [0.2, 0.25) is 11.8 Å². The number of nitrogens with one attached hydrogen (secondary N) is 2. The van der Waals surface area contributed by atoms with E-state index in [0.29, 0.717) is 16.7 Å². The van der Waals surface area contributed by atoms with Crippen molar-refractivity contribution >= 4 is 31.5 Å². The standard InChI is InChI=1S/C25H26BF2N3O5/c1-14(2)36-19-6-4-3-5-18(19)25(27,28)23(35)29-12-15-7-8-17-16(11-15)13-31(21(17)33)24(26)10-9-20(32)30-22(24)34/h3-8,11,14H,9-10,12-13,26H2,1-2H3,(H,29,35)(H,30,32,34)/t24-/m1/s1. The summed E-state index contributed by atoms with van der Waals surface area (Å²) in [5.41, 5.74) is -0.177. The van der Waals surface area contributed by atoms with Gasteiger partial charge in [-0.25, -0.2) is 0 Å². The molecule has 2 aromatic carbocycles. The predicted octanol–water partition coefficient (Wildman–Crippen LogP) is 1.60. The molecule has 0 radical (unpaired) electrons. The molecule has 8 nitrogen and oxygen atoms in total. The van der Waals surface area contributed by atoms with Crippen LogP contribution < -0.4 is 15.4 Å². The zero-order valence-corrected chi connectivity index (χ0v) is 20.2. The Bertz CT molecular complexity index is 1250. The Kier molecular flexibility index (Phi) is 6.59. The minimum atomic E-state index is -3.82. The van der Waals surface area contributed by atoms with Gasteiger partial charge in [-0.2, -0.15) is 8.78 Å². The van der Waals surface area contributed by atoms with Crippen molar-refractivity contribution in [1.29, 1.82) is 0 Å². The summed E-state index contributed by atoms with van der Waals surface area (Å²) < 4.78 is 35.4. The summed E-state index contributed by atoms with van der Waals surface area (Å²) in [6.45, 7) is 3.35. The Hall–Kier alpha value is -3.76. The van der Waals surface area contributed by atoms with Crippen LogP contribution in [0.15, 0.2) is 42.5 Å². The second-order valence-electron chi connectivity index (χ2n) is 9.45. The van der Waals surface area contributed by atoms with Gasteiger partial charge in [-0.15, -0.1) is 0 Å². The summed E-state index contributed by atoms with van der Waals surface area (Å²) in [4.78, 5) is 50.9. The lowest BCUT2D eigenvalue weighted by molar-refractivity contribution is -0.147. The van der Waals surface area contributed by atoms with Crippen LogP contribution in [0, 0.1) is 0 Å². The SMILES string of the molecule is B[C@@]1(N2Cc3cc(CNC(=O)C(F)(F)c4ccccc4OC(C)C)ccc3C2=O)CCC(=O)NC1=O. The van der Waals surface area contributed by atoms with E-state index in [4.69, 9.17) is 4.74 Å². The Labute approximate surface area is 207 Å². The van der Waals surface area contributed by atoms with E-state index in [2.05, 4.69) is 10.6 Å². The molecule has 2 N–H and O–H groups in total. The molecule has 0 aromatic heterocycles. The third-order valence-corrected chi connectivity index (χ3v) is 6.48. The fourth-order valence-electron chi connectivity index (χ4n) is 4.43. The van der Waals surface area contributed by atoms with E-state index in [9.17, 15) is 28.0 Å². The molecule has 188 valence electrons. The first-order chi connectivity index (χ1) is 16.9. The maximum Gasteiger partial charge on any atom is 0.353 e. The van der Waals surface area contributed by atoms with E-state index < -0.39 is 28.7 Å². The topological polar surface area (TPSA) is 105 Å². The second-order valence-corrected chi connectivity index (χ2v) is 9.45. The molecule has 0 unspecified atom stereocenters. The molecule has 4 amide bonds. The fourth-order valence-corrected chi connectivity index (χ4v) is 4.43. The first-order valence-electron chi connectivity index (χ1n) is 11.6. The van der Waals surface area contributed by atoms with Crippen LogP contribution >= 0.6 is 0 Å².